The number of methoxy groups -OCH3 is 1. The molecule has 3 aromatic rings. The van der Waals surface area contributed by atoms with E-state index in [0.29, 0.717) is 31.5 Å². The van der Waals surface area contributed by atoms with Gasteiger partial charge in [-0.05, 0) is 47.7 Å². The number of ether oxygens (including phenoxy) is 1. The van der Waals surface area contributed by atoms with Gasteiger partial charge < -0.3 is 4.74 Å². The third-order valence-corrected chi connectivity index (χ3v) is 6.75. The highest BCUT2D eigenvalue weighted by Gasteiger charge is 2.33. The largest absolute Gasteiger partial charge is 0.466 e. The number of carbonyl (C=O) groups excluding carboxylic acids is 1. The van der Waals surface area contributed by atoms with Gasteiger partial charge in [0.1, 0.15) is 0 Å². The summed E-state index contributed by atoms with van der Waals surface area (Å²) in [7, 11) is 1.33. The zero-order valence-corrected chi connectivity index (χ0v) is 19.8. The first-order valence-electron chi connectivity index (χ1n) is 10.3. The molecule has 0 N–H and O–H groups in total. The Morgan fingerprint density at radius 1 is 1.16 bits per heavy atom. The summed E-state index contributed by atoms with van der Waals surface area (Å²) >= 11 is 7.38. The van der Waals surface area contributed by atoms with Gasteiger partial charge in [0.15, 0.2) is 4.80 Å². The van der Waals surface area contributed by atoms with E-state index >= 15 is 0 Å². The third-order valence-electron chi connectivity index (χ3n) is 5.51. The first kappa shape index (κ1) is 22.2. The smallest absolute Gasteiger partial charge is 0.338 e. The second-order valence-corrected chi connectivity index (χ2v) is 9.39. The number of hydrogen-bond acceptors (Lipinski definition) is 5. The maximum Gasteiger partial charge on any atom is 0.338 e. The van der Waals surface area contributed by atoms with Crippen LogP contribution in [-0.4, -0.2) is 17.6 Å². The molecule has 1 aliphatic heterocycles. The Bertz CT molecular complexity index is 1380. The molecule has 0 saturated heterocycles. The number of carbonyl (C=O) groups is 1. The van der Waals surface area contributed by atoms with Crippen LogP contribution in [0.15, 0.2) is 69.6 Å². The predicted molar refractivity (Wildman–Crippen MR) is 128 cm³/mol. The Kier molecular flexibility index (Phi) is 6.17. The molecular weight excluding hydrogens is 444 g/mol. The predicted octanol–water partition coefficient (Wildman–Crippen LogP) is 4.19. The lowest BCUT2D eigenvalue weighted by molar-refractivity contribution is -0.136. The molecule has 4 rings (SSSR count). The Hall–Kier alpha value is -2.96. The summed E-state index contributed by atoms with van der Waals surface area (Å²) in [5.41, 5.74) is 3.62. The minimum Gasteiger partial charge on any atom is -0.466 e. The van der Waals surface area contributed by atoms with Gasteiger partial charge in [-0.3, -0.25) is 9.36 Å². The summed E-state index contributed by atoms with van der Waals surface area (Å²) < 4.78 is 7.15. The minimum absolute atomic E-state index is 0.199. The lowest BCUT2D eigenvalue weighted by Crippen LogP contribution is -2.39. The van der Waals surface area contributed by atoms with Crippen molar-refractivity contribution in [2.24, 2.45) is 4.99 Å². The fourth-order valence-corrected chi connectivity index (χ4v) is 4.95. The van der Waals surface area contributed by atoms with E-state index in [4.69, 9.17) is 16.3 Å². The molecule has 1 atom stereocenters. The number of aromatic nitrogens is 1. The number of rotatable bonds is 4. The van der Waals surface area contributed by atoms with Crippen molar-refractivity contribution in [1.29, 1.82) is 0 Å². The van der Waals surface area contributed by atoms with Crippen molar-refractivity contribution in [2.45, 2.75) is 32.7 Å². The number of hydrogen-bond donors (Lipinski definition) is 0. The molecule has 32 heavy (non-hydrogen) atoms. The van der Waals surface area contributed by atoms with Crippen LogP contribution < -0.4 is 14.9 Å². The standard InChI is InChI=1S/C25H23ClN2O3S/c1-14(2)17-7-5-16(6-8-17)13-20-23(29)28-22(18-9-11-19(26)12-10-18)21(24(30)31-4)15(3)27-25(28)32-20/h5-14,22H,1-4H3/b20-13+/t22-/m1/s1. The van der Waals surface area contributed by atoms with Gasteiger partial charge >= 0.3 is 5.97 Å². The van der Waals surface area contributed by atoms with Gasteiger partial charge in [-0.25, -0.2) is 9.79 Å². The van der Waals surface area contributed by atoms with Crippen molar-refractivity contribution in [3.05, 3.63) is 101 Å². The van der Waals surface area contributed by atoms with Crippen molar-refractivity contribution in [3.63, 3.8) is 0 Å². The summed E-state index contributed by atoms with van der Waals surface area (Å²) in [4.78, 5) is 31.2. The molecule has 5 nitrogen and oxygen atoms in total. The van der Waals surface area contributed by atoms with Gasteiger partial charge in [0.25, 0.3) is 5.56 Å². The average molecular weight is 467 g/mol. The van der Waals surface area contributed by atoms with E-state index < -0.39 is 12.0 Å². The van der Waals surface area contributed by atoms with Crippen LogP contribution in [0.4, 0.5) is 0 Å². The molecule has 0 spiro atoms. The van der Waals surface area contributed by atoms with Crippen molar-refractivity contribution >= 4 is 35.0 Å². The monoisotopic (exact) mass is 466 g/mol. The second-order valence-electron chi connectivity index (χ2n) is 7.95. The zero-order valence-electron chi connectivity index (χ0n) is 18.3. The molecule has 7 heteroatoms. The molecule has 164 valence electrons. The molecule has 1 aromatic heterocycles. The zero-order chi connectivity index (χ0) is 23.0. The van der Waals surface area contributed by atoms with E-state index in [9.17, 15) is 9.59 Å². The molecule has 1 aliphatic rings. The maximum atomic E-state index is 13.5. The van der Waals surface area contributed by atoms with Crippen molar-refractivity contribution in [3.8, 4) is 0 Å². The fourth-order valence-electron chi connectivity index (χ4n) is 3.78. The van der Waals surface area contributed by atoms with E-state index in [-0.39, 0.29) is 5.56 Å². The van der Waals surface area contributed by atoms with Gasteiger partial charge in [0, 0.05) is 5.02 Å². The number of benzene rings is 2. The van der Waals surface area contributed by atoms with Crippen LogP contribution in [0, 0.1) is 0 Å². The quantitative estimate of drug-likeness (QED) is 0.542. The summed E-state index contributed by atoms with van der Waals surface area (Å²) in [5, 5.41) is 0.575. The lowest BCUT2D eigenvalue weighted by Gasteiger charge is -2.24. The Morgan fingerprint density at radius 2 is 1.81 bits per heavy atom. The molecule has 0 fully saturated rings. The Labute approximate surface area is 195 Å². The third kappa shape index (κ3) is 4.08. The first-order chi connectivity index (χ1) is 15.3. The van der Waals surface area contributed by atoms with E-state index in [1.807, 2.05) is 30.3 Å². The van der Waals surface area contributed by atoms with E-state index in [0.717, 1.165) is 11.1 Å². The maximum absolute atomic E-state index is 13.5. The number of esters is 1. The van der Waals surface area contributed by atoms with Gasteiger partial charge in [-0.2, -0.15) is 0 Å². The van der Waals surface area contributed by atoms with Crippen molar-refractivity contribution in [1.82, 2.24) is 4.57 Å². The SMILES string of the molecule is COC(=O)C1=C(C)N=c2s/c(=C/c3ccc(C(C)C)cc3)c(=O)n2[C@@H]1c1ccc(Cl)cc1. The molecule has 0 unspecified atom stereocenters. The van der Waals surface area contributed by atoms with Crippen LogP contribution in [-0.2, 0) is 9.53 Å². The number of nitrogens with zero attached hydrogens (tertiary/aromatic N) is 2. The highest BCUT2D eigenvalue weighted by molar-refractivity contribution is 7.07. The molecule has 0 bridgehead atoms. The van der Waals surface area contributed by atoms with E-state index in [1.54, 1.807) is 23.6 Å². The molecule has 0 aliphatic carbocycles. The van der Waals surface area contributed by atoms with Crippen LogP contribution in [0.25, 0.3) is 6.08 Å². The van der Waals surface area contributed by atoms with Gasteiger partial charge in [0.05, 0.1) is 29.0 Å². The normalized spacial score (nSPS) is 16.2. The number of thiazole rings is 1. The highest BCUT2D eigenvalue weighted by atomic mass is 35.5. The Balaban J connectivity index is 1.91. The minimum atomic E-state index is -0.638. The van der Waals surface area contributed by atoms with E-state index in [2.05, 4.69) is 31.0 Å². The second kappa shape index (κ2) is 8.88. The number of fused-ring (bicyclic) bond motifs is 1. The van der Waals surface area contributed by atoms with Crippen LogP contribution in [0.2, 0.25) is 5.02 Å². The molecule has 2 heterocycles. The van der Waals surface area contributed by atoms with Crippen LogP contribution >= 0.6 is 22.9 Å². The van der Waals surface area contributed by atoms with E-state index in [1.165, 1.54) is 24.0 Å². The number of allylic oxidation sites excluding steroid dienone is 1. The first-order valence-corrected chi connectivity index (χ1v) is 11.5. The van der Waals surface area contributed by atoms with Gasteiger partial charge in [-0.15, -0.1) is 0 Å². The lowest BCUT2D eigenvalue weighted by atomic mass is 9.96. The molecule has 0 radical (unpaired) electrons. The van der Waals surface area contributed by atoms with Crippen LogP contribution in [0.5, 0.6) is 0 Å². The molecule has 0 amide bonds. The molecular formula is C25H23ClN2O3S. The van der Waals surface area contributed by atoms with Crippen LogP contribution in [0.1, 0.15) is 49.4 Å². The number of halogens is 1. The summed E-state index contributed by atoms with van der Waals surface area (Å²) in [6, 6.07) is 14.6. The summed E-state index contributed by atoms with van der Waals surface area (Å²) in [6.07, 6.45) is 1.87. The summed E-state index contributed by atoms with van der Waals surface area (Å²) in [5.74, 6) is -0.0711. The molecule has 0 saturated carbocycles. The van der Waals surface area contributed by atoms with Gasteiger partial charge in [0.2, 0.25) is 0 Å². The topological polar surface area (TPSA) is 60.7 Å². The van der Waals surface area contributed by atoms with Crippen LogP contribution in [0.3, 0.4) is 0 Å². The average Bonchev–Trinajstić information content (AvgIpc) is 3.08. The van der Waals surface area contributed by atoms with Crippen molar-refractivity contribution < 1.29 is 9.53 Å². The van der Waals surface area contributed by atoms with Gasteiger partial charge in [-0.1, -0.05) is 73.2 Å². The Morgan fingerprint density at radius 3 is 2.41 bits per heavy atom. The van der Waals surface area contributed by atoms with Crippen molar-refractivity contribution in [2.75, 3.05) is 7.11 Å². The fraction of sp³-hybridized carbons (Fsp3) is 0.240. The molecule has 2 aromatic carbocycles. The highest BCUT2D eigenvalue weighted by Crippen LogP contribution is 2.31. The summed E-state index contributed by atoms with van der Waals surface area (Å²) in [6.45, 7) is 6.05.